The molecule has 2 unspecified atom stereocenters. The zero-order chi connectivity index (χ0) is 11.0. The number of carbonyl (C=O) groups is 1. The standard InChI is InChI=1S/C9H20N2O3/c1-3-4-7(12)5-11-9(13)8(10)6-14-2/h7-8,12H,3-6,10H2,1-2H3,(H,11,13). The summed E-state index contributed by atoms with van der Waals surface area (Å²) in [6, 6.07) is -0.658. The van der Waals surface area contributed by atoms with Crippen LogP contribution in [-0.2, 0) is 9.53 Å². The number of hydrogen-bond acceptors (Lipinski definition) is 4. The van der Waals surface area contributed by atoms with E-state index in [0.717, 1.165) is 6.42 Å². The van der Waals surface area contributed by atoms with E-state index in [9.17, 15) is 9.90 Å². The highest BCUT2D eigenvalue weighted by Gasteiger charge is 2.13. The predicted molar refractivity (Wildman–Crippen MR) is 53.8 cm³/mol. The van der Waals surface area contributed by atoms with Crippen LogP contribution >= 0.6 is 0 Å². The van der Waals surface area contributed by atoms with Crippen molar-refractivity contribution in [3.8, 4) is 0 Å². The summed E-state index contributed by atoms with van der Waals surface area (Å²) in [5.74, 6) is -0.290. The van der Waals surface area contributed by atoms with E-state index in [1.54, 1.807) is 0 Å². The van der Waals surface area contributed by atoms with Crippen LogP contribution in [0.25, 0.3) is 0 Å². The second-order valence-electron chi connectivity index (χ2n) is 3.25. The molecule has 0 radical (unpaired) electrons. The predicted octanol–water partition coefficient (Wildman–Crippen LogP) is -0.763. The summed E-state index contributed by atoms with van der Waals surface area (Å²) in [6.45, 7) is 2.42. The number of nitrogens with one attached hydrogen (secondary N) is 1. The number of aliphatic hydroxyl groups excluding tert-OH is 1. The van der Waals surface area contributed by atoms with Crippen molar-refractivity contribution in [3.05, 3.63) is 0 Å². The van der Waals surface area contributed by atoms with Gasteiger partial charge in [0, 0.05) is 13.7 Å². The first-order valence-corrected chi connectivity index (χ1v) is 4.82. The highest BCUT2D eigenvalue weighted by molar-refractivity contribution is 5.81. The van der Waals surface area contributed by atoms with Crippen molar-refractivity contribution < 1.29 is 14.6 Å². The van der Waals surface area contributed by atoms with Crippen molar-refractivity contribution >= 4 is 5.91 Å². The van der Waals surface area contributed by atoms with E-state index in [1.807, 2.05) is 6.92 Å². The molecule has 0 saturated carbocycles. The fourth-order valence-corrected chi connectivity index (χ4v) is 1.04. The van der Waals surface area contributed by atoms with Gasteiger partial charge >= 0.3 is 0 Å². The molecule has 0 aliphatic rings. The summed E-state index contributed by atoms with van der Waals surface area (Å²) in [5, 5.41) is 11.9. The first-order chi connectivity index (χ1) is 6.61. The fourth-order valence-electron chi connectivity index (χ4n) is 1.04. The van der Waals surface area contributed by atoms with Crippen LogP contribution in [0.3, 0.4) is 0 Å². The van der Waals surface area contributed by atoms with Gasteiger partial charge in [-0.3, -0.25) is 4.79 Å². The topological polar surface area (TPSA) is 84.6 Å². The molecule has 0 aliphatic heterocycles. The molecule has 14 heavy (non-hydrogen) atoms. The summed E-state index contributed by atoms with van der Waals surface area (Å²) in [5.41, 5.74) is 5.47. The number of rotatable bonds is 7. The van der Waals surface area contributed by atoms with E-state index < -0.39 is 12.1 Å². The van der Waals surface area contributed by atoms with Crippen LogP contribution in [0.15, 0.2) is 0 Å². The van der Waals surface area contributed by atoms with E-state index in [-0.39, 0.29) is 19.1 Å². The second kappa shape index (κ2) is 7.73. The number of methoxy groups -OCH3 is 1. The summed E-state index contributed by atoms with van der Waals surface area (Å²) in [6.07, 6.45) is 1.08. The Bertz CT molecular complexity index is 164. The molecule has 0 heterocycles. The molecule has 1 amide bonds. The normalized spacial score (nSPS) is 14.9. The molecule has 0 fully saturated rings. The second-order valence-corrected chi connectivity index (χ2v) is 3.25. The number of amides is 1. The van der Waals surface area contributed by atoms with Crippen molar-refractivity contribution in [2.75, 3.05) is 20.3 Å². The number of carbonyl (C=O) groups excluding carboxylic acids is 1. The lowest BCUT2D eigenvalue weighted by atomic mass is 10.2. The monoisotopic (exact) mass is 204 g/mol. The van der Waals surface area contributed by atoms with Gasteiger partial charge in [-0.1, -0.05) is 13.3 Å². The van der Waals surface area contributed by atoms with Crippen LogP contribution in [-0.4, -0.2) is 43.4 Å². The molecular formula is C9H20N2O3. The lowest BCUT2D eigenvalue weighted by Crippen LogP contribution is -2.45. The Morgan fingerprint density at radius 1 is 1.64 bits per heavy atom. The van der Waals surface area contributed by atoms with E-state index in [1.165, 1.54) is 7.11 Å². The Labute approximate surface area is 84.6 Å². The van der Waals surface area contributed by atoms with Gasteiger partial charge in [0.2, 0.25) is 5.91 Å². The van der Waals surface area contributed by atoms with E-state index in [4.69, 9.17) is 10.5 Å². The average molecular weight is 204 g/mol. The summed E-state index contributed by atoms with van der Waals surface area (Å²) in [7, 11) is 1.49. The van der Waals surface area contributed by atoms with Gasteiger partial charge in [-0.05, 0) is 6.42 Å². The quantitative estimate of drug-likeness (QED) is 0.509. The molecule has 0 aromatic rings. The number of nitrogens with two attached hydrogens (primary N) is 1. The fraction of sp³-hybridized carbons (Fsp3) is 0.889. The smallest absolute Gasteiger partial charge is 0.239 e. The molecule has 84 valence electrons. The van der Waals surface area contributed by atoms with Gasteiger partial charge in [0.15, 0.2) is 0 Å². The number of ether oxygens (including phenoxy) is 1. The van der Waals surface area contributed by atoms with Gasteiger partial charge in [-0.2, -0.15) is 0 Å². The maximum absolute atomic E-state index is 11.2. The molecule has 5 nitrogen and oxygen atoms in total. The maximum Gasteiger partial charge on any atom is 0.239 e. The van der Waals surface area contributed by atoms with Crippen LogP contribution in [0.5, 0.6) is 0 Å². The molecule has 0 aromatic heterocycles. The zero-order valence-corrected chi connectivity index (χ0v) is 8.82. The van der Waals surface area contributed by atoms with Crippen LogP contribution in [0.1, 0.15) is 19.8 Å². The molecule has 0 aromatic carbocycles. The lowest BCUT2D eigenvalue weighted by molar-refractivity contribution is -0.123. The van der Waals surface area contributed by atoms with Gasteiger partial charge in [-0.25, -0.2) is 0 Å². The Hall–Kier alpha value is -0.650. The third kappa shape index (κ3) is 5.90. The lowest BCUT2D eigenvalue weighted by Gasteiger charge is -2.14. The molecule has 5 heteroatoms. The Balaban J connectivity index is 3.61. The van der Waals surface area contributed by atoms with Crippen molar-refractivity contribution in [2.45, 2.75) is 31.9 Å². The first kappa shape index (κ1) is 13.4. The van der Waals surface area contributed by atoms with E-state index >= 15 is 0 Å². The van der Waals surface area contributed by atoms with Gasteiger partial charge in [-0.15, -0.1) is 0 Å². The van der Waals surface area contributed by atoms with Gasteiger partial charge in [0.05, 0.1) is 12.7 Å². The maximum atomic E-state index is 11.2. The minimum Gasteiger partial charge on any atom is -0.391 e. The third-order valence-electron chi connectivity index (χ3n) is 1.82. The molecule has 0 saturated heterocycles. The summed E-state index contributed by atoms with van der Waals surface area (Å²) >= 11 is 0. The molecule has 0 aliphatic carbocycles. The van der Waals surface area contributed by atoms with E-state index in [0.29, 0.717) is 6.42 Å². The minimum atomic E-state index is -0.658. The Kier molecular flexibility index (Phi) is 7.37. The number of hydrogen-bond donors (Lipinski definition) is 3. The van der Waals surface area contributed by atoms with Crippen LogP contribution in [0.4, 0.5) is 0 Å². The first-order valence-electron chi connectivity index (χ1n) is 4.82. The highest BCUT2D eigenvalue weighted by Crippen LogP contribution is 1.93. The molecular weight excluding hydrogens is 184 g/mol. The Morgan fingerprint density at radius 3 is 2.79 bits per heavy atom. The van der Waals surface area contributed by atoms with Crippen molar-refractivity contribution in [1.82, 2.24) is 5.32 Å². The molecule has 2 atom stereocenters. The van der Waals surface area contributed by atoms with Gasteiger partial charge in [0.1, 0.15) is 6.04 Å². The van der Waals surface area contributed by atoms with Gasteiger partial charge < -0.3 is 20.9 Å². The van der Waals surface area contributed by atoms with Crippen molar-refractivity contribution in [1.29, 1.82) is 0 Å². The van der Waals surface area contributed by atoms with Crippen molar-refractivity contribution in [3.63, 3.8) is 0 Å². The van der Waals surface area contributed by atoms with Crippen LogP contribution in [0, 0.1) is 0 Å². The SMILES string of the molecule is CCCC(O)CNC(=O)C(N)COC. The molecule has 0 rings (SSSR count). The third-order valence-corrected chi connectivity index (χ3v) is 1.82. The minimum absolute atomic E-state index is 0.190. The molecule has 0 spiro atoms. The number of aliphatic hydroxyl groups is 1. The average Bonchev–Trinajstić information content (AvgIpc) is 2.15. The summed E-state index contributed by atoms with van der Waals surface area (Å²) in [4.78, 5) is 11.2. The van der Waals surface area contributed by atoms with Gasteiger partial charge in [0.25, 0.3) is 0 Å². The van der Waals surface area contributed by atoms with Crippen LogP contribution < -0.4 is 11.1 Å². The summed E-state index contributed by atoms with van der Waals surface area (Å²) < 4.78 is 4.73. The van der Waals surface area contributed by atoms with E-state index in [2.05, 4.69) is 5.32 Å². The Morgan fingerprint density at radius 2 is 2.29 bits per heavy atom. The van der Waals surface area contributed by atoms with Crippen LogP contribution in [0.2, 0.25) is 0 Å². The largest absolute Gasteiger partial charge is 0.391 e. The molecule has 0 bridgehead atoms. The van der Waals surface area contributed by atoms with Crippen molar-refractivity contribution in [2.24, 2.45) is 5.73 Å². The molecule has 4 N–H and O–H groups in total. The highest BCUT2D eigenvalue weighted by atomic mass is 16.5. The zero-order valence-electron chi connectivity index (χ0n) is 8.82.